The van der Waals surface area contributed by atoms with Crippen LogP contribution in [0.15, 0.2) is 48.5 Å². The number of thiazole rings is 1. The van der Waals surface area contributed by atoms with Gasteiger partial charge in [-0.1, -0.05) is 17.4 Å². The lowest BCUT2D eigenvalue weighted by molar-refractivity contribution is 0.0746. The van der Waals surface area contributed by atoms with Crippen LogP contribution in [0.3, 0.4) is 0 Å². The fourth-order valence-corrected chi connectivity index (χ4v) is 4.90. The molecule has 3 heterocycles. The van der Waals surface area contributed by atoms with E-state index in [0.717, 1.165) is 32.6 Å². The number of aryl methyl sites for hydroxylation is 1. The van der Waals surface area contributed by atoms with Crippen LogP contribution in [0.4, 0.5) is 9.52 Å². The molecule has 0 radical (unpaired) electrons. The molecule has 0 aliphatic carbocycles. The molecule has 2 aromatic heterocycles. The molecule has 2 aromatic carbocycles. The maximum Gasteiger partial charge on any atom is 0.254 e. The molecule has 0 bridgehead atoms. The number of methoxy groups -OCH3 is 1. The maximum atomic E-state index is 13.5. The van der Waals surface area contributed by atoms with E-state index in [1.165, 1.54) is 12.1 Å². The van der Waals surface area contributed by atoms with Crippen molar-refractivity contribution in [3.63, 3.8) is 0 Å². The smallest absolute Gasteiger partial charge is 0.254 e. The number of ether oxygens (including phenoxy) is 1. The van der Waals surface area contributed by atoms with Crippen molar-refractivity contribution in [2.24, 2.45) is 0 Å². The average molecular weight is 452 g/mol. The monoisotopic (exact) mass is 451 g/mol. The zero-order valence-corrected chi connectivity index (χ0v) is 18.6. The first kappa shape index (κ1) is 20.4. The van der Waals surface area contributed by atoms with Crippen molar-refractivity contribution in [3.8, 4) is 11.4 Å². The van der Waals surface area contributed by atoms with E-state index < -0.39 is 5.82 Å². The van der Waals surface area contributed by atoms with Gasteiger partial charge in [-0.15, -0.1) is 0 Å². The van der Waals surface area contributed by atoms with Crippen LogP contribution >= 0.6 is 11.3 Å². The zero-order valence-electron chi connectivity index (χ0n) is 17.8. The first-order valence-electron chi connectivity index (χ1n) is 10.3. The molecule has 7 nitrogen and oxygen atoms in total. The van der Waals surface area contributed by atoms with Crippen molar-refractivity contribution in [3.05, 3.63) is 65.6 Å². The van der Waals surface area contributed by atoms with E-state index in [0.29, 0.717) is 31.7 Å². The molecule has 0 saturated carbocycles. The second-order valence-electron chi connectivity index (χ2n) is 7.63. The van der Waals surface area contributed by atoms with Crippen molar-refractivity contribution in [2.45, 2.75) is 6.92 Å². The third-order valence-electron chi connectivity index (χ3n) is 5.60. The Balaban J connectivity index is 1.34. The van der Waals surface area contributed by atoms with Crippen LogP contribution in [0.5, 0.6) is 5.75 Å². The molecule has 9 heteroatoms. The molecule has 0 unspecified atom stereocenters. The third kappa shape index (κ3) is 3.69. The predicted molar refractivity (Wildman–Crippen MR) is 123 cm³/mol. The van der Waals surface area contributed by atoms with E-state index >= 15 is 0 Å². The lowest BCUT2D eigenvalue weighted by Crippen LogP contribution is -2.48. The van der Waals surface area contributed by atoms with Crippen molar-refractivity contribution >= 4 is 32.7 Å². The van der Waals surface area contributed by atoms with Crippen LogP contribution in [0.1, 0.15) is 16.1 Å². The van der Waals surface area contributed by atoms with Gasteiger partial charge in [0.2, 0.25) is 0 Å². The molecule has 1 fully saturated rings. The van der Waals surface area contributed by atoms with E-state index in [4.69, 9.17) is 9.72 Å². The summed E-state index contributed by atoms with van der Waals surface area (Å²) in [7, 11) is 1.64. The molecule has 1 aliphatic heterocycles. The normalized spacial score (nSPS) is 14.2. The minimum atomic E-state index is -0.398. The van der Waals surface area contributed by atoms with Gasteiger partial charge in [-0.25, -0.2) is 9.07 Å². The van der Waals surface area contributed by atoms with Crippen molar-refractivity contribution in [2.75, 3.05) is 38.2 Å². The maximum absolute atomic E-state index is 13.5. The van der Waals surface area contributed by atoms with Gasteiger partial charge < -0.3 is 14.5 Å². The number of aromatic nitrogens is 3. The van der Waals surface area contributed by atoms with Gasteiger partial charge >= 0.3 is 0 Å². The van der Waals surface area contributed by atoms with Crippen molar-refractivity contribution in [1.82, 2.24) is 19.7 Å². The van der Waals surface area contributed by atoms with E-state index in [1.807, 2.05) is 35.9 Å². The lowest BCUT2D eigenvalue weighted by atomic mass is 10.2. The van der Waals surface area contributed by atoms with Crippen LogP contribution < -0.4 is 9.64 Å². The van der Waals surface area contributed by atoms with E-state index in [-0.39, 0.29) is 5.91 Å². The van der Waals surface area contributed by atoms with Gasteiger partial charge in [-0.05, 0) is 49.4 Å². The minimum absolute atomic E-state index is 0.139. The second-order valence-corrected chi connectivity index (χ2v) is 8.61. The Bertz CT molecular complexity index is 1280. The molecule has 164 valence electrons. The van der Waals surface area contributed by atoms with Crippen molar-refractivity contribution < 1.29 is 13.9 Å². The molecular weight excluding hydrogens is 429 g/mol. The summed E-state index contributed by atoms with van der Waals surface area (Å²) in [5, 5.41) is 5.58. The van der Waals surface area contributed by atoms with E-state index in [1.54, 1.807) is 35.5 Å². The Kier molecular flexibility index (Phi) is 5.26. The fraction of sp³-hybridized carbons (Fsp3) is 0.261. The van der Waals surface area contributed by atoms with Gasteiger partial charge in [0.05, 0.1) is 23.2 Å². The predicted octanol–water partition coefficient (Wildman–Crippen LogP) is 3.90. The first-order valence-corrected chi connectivity index (χ1v) is 11.2. The Morgan fingerprint density at radius 1 is 1.09 bits per heavy atom. The standard InChI is InChI=1S/C23H22FN5O2S/c1-15-20-21(29(26-15)18-6-8-19(31-2)9-7-18)25-23(32-20)28-12-10-27(11-13-28)22(30)16-4-3-5-17(24)14-16/h3-9,14H,10-13H2,1-2H3. The molecule has 0 spiro atoms. The highest BCUT2D eigenvalue weighted by atomic mass is 32.1. The number of hydrogen-bond donors (Lipinski definition) is 0. The lowest BCUT2D eigenvalue weighted by Gasteiger charge is -2.34. The van der Waals surface area contributed by atoms with Crippen molar-refractivity contribution in [1.29, 1.82) is 0 Å². The summed E-state index contributed by atoms with van der Waals surface area (Å²) in [4.78, 5) is 21.5. The van der Waals surface area contributed by atoms with Gasteiger partial charge in [-0.2, -0.15) is 10.1 Å². The van der Waals surface area contributed by atoms with E-state index in [9.17, 15) is 9.18 Å². The number of halogens is 1. The number of rotatable bonds is 4. The number of carbonyl (C=O) groups excluding carboxylic acids is 1. The summed E-state index contributed by atoms with van der Waals surface area (Å²) in [5.41, 5.74) is 3.06. The molecule has 0 atom stereocenters. The van der Waals surface area contributed by atoms with E-state index in [2.05, 4.69) is 10.00 Å². The third-order valence-corrected chi connectivity index (χ3v) is 6.82. The molecule has 32 heavy (non-hydrogen) atoms. The number of fused-ring (bicyclic) bond motifs is 1. The zero-order chi connectivity index (χ0) is 22.2. The Morgan fingerprint density at radius 3 is 2.53 bits per heavy atom. The number of carbonyl (C=O) groups is 1. The minimum Gasteiger partial charge on any atom is -0.497 e. The molecule has 5 rings (SSSR count). The molecular formula is C23H22FN5O2S. The highest BCUT2D eigenvalue weighted by Crippen LogP contribution is 2.33. The van der Waals surface area contributed by atoms with Gasteiger partial charge in [0.1, 0.15) is 11.6 Å². The van der Waals surface area contributed by atoms with Crippen LogP contribution in [0, 0.1) is 12.7 Å². The second kappa shape index (κ2) is 8.23. The highest BCUT2D eigenvalue weighted by molar-refractivity contribution is 7.22. The average Bonchev–Trinajstić information content (AvgIpc) is 3.39. The van der Waals surface area contributed by atoms with Crippen LogP contribution in [0.25, 0.3) is 16.0 Å². The van der Waals surface area contributed by atoms with Crippen LogP contribution in [-0.2, 0) is 0 Å². The number of hydrogen-bond acceptors (Lipinski definition) is 6. The fourth-order valence-electron chi connectivity index (χ4n) is 3.87. The molecule has 1 saturated heterocycles. The van der Waals surface area contributed by atoms with Gasteiger partial charge in [0, 0.05) is 31.7 Å². The highest BCUT2D eigenvalue weighted by Gasteiger charge is 2.25. The quantitative estimate of drug-likeness (QED) is 0.471. The largest absolute Gasteiger partial charge is 0.497 e. The Labute approximate surface area is 188 Å². The molecule has 1 amide bonds. The molecule has 4 aromatic rings. The topological polar surface area (TPSA) is 63.5 Å². The summed E-state index contributed by atoms with van der Waals surface area (Å²) in [6, 6.07) is 13.6. The van der Waals surface area contributed by atoms with Gasteiger partial charge in [0.15, 0.2) is 10.8 Å². The van der Waals surface area contributed by atoms with Crippen LogP contribution in [-0.4, -0.2) is 58.9 Å². The SMILES string of the molecule is COc1ccc(-n2nc(C)c3sc(N4CCN(C(=O)c5cccc(F)c5)CC4)nc32)cc1. The Hall–Kier alpha value is -3.46. The molecule has 1 aliphatic rings. The number of benzene rings is 2. The summed E-state index contributed by atoms with van der Waals surface area (Å²) in [6.45, 7) is 4.46. The summed E-state index contributed by atoms with van der Waals surface area (Å²) >= 11 is 1.62. The number of amides is 1. The number of piperazine rings is 1. The van der Waals surface area contributed by atoms with Gasteiger partial charge in [0.25, 0.3) is 5.91 Å². The Morgan fingerprint density at radius 2 is 1.84 bits per heavy atom. The summed E-state index contributed by atoms with van der Waals surface area (Å²) in [6.07, 6.45) is 0. The first-order chi connectivity index (χ1) is 15.5. The number of anilines is 1. The van der Waals surface area contributed by atoms with Crippen LogP contribution in [0.2, 0.25) is 0 Å². The molecule has 0 N–H and O–H groups in total. The summed E-state index contributed by atoms with van der Waals surface area (Å²) in [5.74, 6) is 0.253. The summed E-state index contributed by atoms with van der Waals surface area (Å²) < 4.78 is 21.6. The van der Waals surface area contributed by atoms with Gasteiger partial charge in [-0.3, -0.25) is 4.79 Å². The number of nitrogens with zero attached hydrogens (tertiary/aromatic N) is 5.